The first-order valence-corrected chi connectivity index (χ1v) is 10.6. The van der Waals surface area contributed by atoms with Crippen LogP contribution in [0.2, 0.25) is 0 Å². The highest BCUT2D eigenvalue weighted by atomic mass is 127. The number of halogens is 1. The van der Waals surface area contributed by atoms with Crippen LogP contribution in [0.15, 0.2) is 58.4 Å². The third-order valence-electron chi connectivity index (χ3n) is 4.47. The lowest BCUT2D eigenvalue weighted by molar-refractivity contribution is 0.414. The molecule has 9 heteroatoms. The van der Waals surface area contributed by atoms with Crippen LogP contribution in [0.3, 0.4) is 0 Å². The quantitative estimate of drug-likeness (QED) is 0.276. The van der Waals surface area contributed by atoms with Crippen molar-refractivity contribution in [3.05, 3.63) is 59.7 Å². The summed E-state index contributed by atoms with van der Waals surface area (Å²) in [6, 6.07) is 14.6. The number of nitrogens with two attached hydrogens (primary N) is 1. The number of rotatable bonds is 8. The van der Waals surface area contributed by atoms with E-state index in [1.54, 1.807) is 26.3 Å². The van der Waals surface area contributed by atoms with Gasteiger partial charge in [0.15, 0.2) is 5.96 Å². The largest absolute Gasteiger partial charge is 0.497 e. The van der Waals surface area contributed by atoms with Crippen molar-refractivity contribution in [1.29, 1.82) is 0 Å². The molecule has 160 valence electrons. The number of benzene rings is 2. The molecule has 0 fully saturated rings. The summed E-state index contributed by atoms with van der Waals surface area (Å²) in [5.41, 5.74) is 2.06. The molecular formula is C20H29IN4O3S. The number of sulfonamides is 1. The van der Waals surface area contributed by atoms with Crippen molar-refractivity contribution in [3.8, 4) is 5.75 Å². The number of guanidine groups is 1. The molecule has 2 rings (SSSR count). The van der Waals surface area contributed by atoms with Gasteiger partial charge in [-0.2, -0.15) is 0 Å². The molecule has 0 bridgehead atoms. The Labute approximate surface area is 190 Å². The number of primary sulfonamides is 1. The van der Waals surface area contributed by atoms with Crippen LogP contribution in [0, 0.1) is 0 Å². The zero-order valence-corrected chi connectivity index (χ0v) is 20.0. The van der Waals surface area contributed by atoms with E-state index in [-0.39, 0.29) is 28.9 Å². The fourth-order valence-electron chi connectivity index (χ4n) is 2.75. The van der Waals surface area contributed by atoms with Crippen molar-refractivity contribution in [2.24, 2.45) is 10.1 Å². The number of aliphatic imine (C=N–C) groups is 1. The normalized spacial score (nSPS) is 12.6. The minimum atomic E-state index is -3.71. The maximum atomic E-state index is 11.5. The molecule has 1 atom stereocenters. The van der Waals surface area contributed by atoms with Crippen molar-refractivity contribution in [1.82, 2.24) is 10.6 Å². The molecule has 0 amide bonds. The Kier molecular flexibility index (Phi) is 10.4. The summed E-state index contributed by atoms with van der Waals surface area (Å²) in [6.07, 6.45) is 0.938. The molecular weight excluding hydrogens is 503 g/mol. The minimum Gasteiger partial charge on any atom is -0.497 e. The summed E-state index contributed by atoms with van der Waals surface area (Å²) >= 11 is 0. The first-order valence-electron chi connectivity index (χ1n) is 9.03. The zero-order chi connectivity index (χ0) is 20.6. The maximum absolute atomic E-state index is 11.5. The van der Waals surface area contributed by atoms with Crippen LogP contribution in [0.1, 0.15) is 30.4 Å². The molecule has 1 unspecified atom stereocenters. The molecule has 0 radical (unpaired) electrons. The Morgan fingerprint density at radius 2 is 1.86 bits per heavy atom. The van der Waals surface area contributed by atoms with Gasteiger partial charge in [0.2, 0.25) is 10.0 Å². The van der Waals surface area contributed by atoms with Gasteiger partial charge in [0.05, 0.1) is 12.0 Å². The Balaban J connectivity index is 0.00000420. The van der Waals surface area contributed by atoms with Crippen LogP contribution < -0.4 is 20.5 Å². The molecule has 0 aromatic heterocycles. The first-order chi connectivity index (χ1) is 13.3. The third kappa shape index (κ3) is 8.19. The van der Waals surface area contributed by atoms with E-state index in [9.17, 15) is 8.42 Å². The molecule has 0 aliphatic heterocycles. The third-order valence-corrected chi connectivity index (χ3v) is 5.38. The number of hydrogen-bond donors (Lipinski definition) is 3. The van der Waals surface area contributed by atoms with E-state index in [4.69, 9.17) is 9.88 Å². The van der Waals surface area contributed by atoms with Gasteiger partial charge in [-0.25, -0.2) is 13.6 Å². The average molecular weight is 532 g/mol. The number of hydrogen-bond acceptors (Lipinski definition) is 4. The molecule has 29 heavy (non-hydrogen) atoms. The van der Waals surface area contributed by atoms with Crippen molar-refractivity contribution >= 4 is 40.0 Å². The van der Waals surface area contributed by atoms with E-state index in [1.165, 1.54) is 11.6 Å². The number of ether oxygens (including phenoxy) is 1. The highest BCUT2D eigenvalue weighted by molar-refractivity contribution is 14.0. The SMILES string of the molecule is CN=C(NCCC(C)c1ccc(OC)cc1)NCc1cccc(S(N)(=O)=O)c1.I. The lowest BCUT2D eigenvalue weighted by Gasteiger charge is -2.15. The van der Waals surface area contributed by atoms with Crippen molar-refractivity contribution in [3.63, 3.8) is 0 Å². The Hall–Kier alpha value is -1.85. The molecule has 2 aromatic rings. The molecule has 0 saturated carbocycles. The van der Waals surface area contributed by atoms with Crippen molar-refractivity contribution < 1.29 is 13.2 Å². The van der Waals surface area contributed by atoms with Gasteiger partial charge >= 0.3 is 0 Å². The second-order valence-corrected chi connectivity index (χ2v) is 8.07. The Morgan fingerprint density at radius 1 is 1.17 bits per heavy atom. The summed E-state index contributed by atoms with van der Waals surface area (Å²) < 4.78 is 28.1. The monoisotopic (exact) mass is 532 g/mol. The smallest absolute Gasteiger partial charge is 0.238 e. The molecule has 4 N–H and O–H groups in total. The fraction of sp³-hybridized carbons (Fsp3) is 0.350. The fourth-order valence-corrected chi connectivity index (χ4v) is 3.33. The second-order valence-electron chi connectivity index (χ2n) is 6.51. The highest BCUT2D eigenvalue weighted by Gasteiger charge is 2.09. The lowest BCUT2D eigenvalue weighted by atomic mass is 9.98. The molecule has 0 saturated heterocycles. The predicted octanol–water partition coefficient (Wildman–Crippen LogP) is 2.82. The summed E-state index contributed by atoms with van der Waals surface area (Å²) in [6.45, 7) is 3.37. The van der Waals surface area contributed by atoms with Crippen LogP contribution in [0.5, 0.6) is 5.75 Å². The van der Waals surface area contributed by atoms with Gasteiger partial charge in [0.25, 0.3) is 0 Å². The Bertz CT molecular complexity index is 902. The molecule has 7 nitrogen and oxygen atoms in total. The summed E-state index contributed by atoms with van der Waals surface area (Å²) in [7, 11) is -0.349. The van der Waals surface area contributed by atoms with E-state index in [0.717, 1.165) is 24.3 Å². The highest BCUT2D eigenvalue weighted by Crippen LogP contribution is 2.21. The summed E-state index contributed by atoms with van der Waals surface area (Å²) in [5.74, 6) is 1.90. The average Bonchev–Trinajstić information content (AvgIpc) is 2.70. The first kappa shape index (κ1) is 25.2. The van der Waals surface area contributed by atoms with Crippen LogP contribution in [0.25, 0.3) is 0 Å². The van der Waals surface area contributed by atoms with Gasteiger partial charge < -0.3 is 15.4 Å². The van der Waals surface area contributed by atoms with E-state index in [0.29, 0.717) is 18.4 Å². The van der Waals surface area contributed by atoms with Gasteiger partial charge in [0.1, 0.15) is 5.75 Å². The van der Waals surface area contributed by atoms with Crippen LogP contribution in [-0.4, -0.2) is 35.1 Å². The molecule has 0 heterocycles. The van der Waals surface area contributed by atoms with Gasteiger partial charge in [-0.05, 0) is 47.7 Å². The molecule has 0 spiro atoms. The topological polar surface area (TPSA) is 106 Å². The molecule has 2 aromatic carbocycles. The zero-order valence-electron chi connectivity index (χ0n) is 16.9. The lowest BCUT2D eigenvalue weighted by Crippen LogP contribution is -2.37. The second kappa shape index (κ2) is 12.0. The minimum absolute atomic E-state index is 0. The maximum Gasteiger partial charge on any atom is 0.238 e. The van der Waals surface area contributed by atoms with Crippen molar-refractivity contribution in [2.75, 3.05) is 20.7 Å². The number of nitrogens with one attached hydrogen (secondary N) is 2. The van der Waals surface area contributed by atoms with Crippen LogP contribution in [0.4, 0.5) is 0 Å². The summed E-state index contributed by atoms with van der Waals surface area (Å²) in [5, 5.41) is 11.6. The number of nitrogens with zero attached hydrogens (tertiary/aromatic N) is 1. The molecule has 0 aliphatic rings. The van der Waals surface area contributed by atoms with E-state index in [1.807, 2.05) is 18.2 Å². The predicted molar refractivity (Wildman–Crippen MR) is 127 cm³/mol. The number of methoxy groups -OCH3 is 1. The van der Waals surface area contributed by atoms with Gasteiger partial charge in [-0.1, -0.05) is 31.2 Å². The van der Waals surface area contributed by atoms with Crippen molar-refractivity contribution in [2.45, 2.75) is 30.7 Å². The van der Waals surface area contributed by atoms with E-state index < -0.39 is 10.0 Å². The van der Waals surface area contributed by atoms with Crippen LogP contribution >= 0.6 is 24.0 Å². The summed E-state index contributed by atoms with van der Waals surface area (Å²) in [4.78, 5) is 4.30. The van der Waals surface area contributed by atoms with E-state index >= 15 is 0 Å². The van der Waals surface area contributed by atoms with Gasteiger partial charge in [-0.15, -0.1) is 24.0 Å². The molecule has 0 aliphatic carbocycles. The Morgan fingerprint density at radius 3 is 2.45 bits per heavy atom. The van der Waals surface area contributed by atoms with Gasteiger partial charge in [-0.3, -0.25) is 4.99 Å². The van der Waals surface area contributed by atoms with Crippen LogP contribution in [-0.2, 0) is 16.6 Å². The van der Waals surface area contributed by atoms with E-state index in [2.05, 4.69) is 34.7 Å². The van der Waals surface area contributed by atoms with Gasteiger partial charge in [0, 0.05) is 20.1 Å². The standard InChI is InChI=1S/C20H28N4O3S.HI/c1-15(17-7-9-18(27-3)10-8-17)11-12-23-20(22-2)24-14-16-5-4-6-19(13-16)28(21,25)26;/h4-10,13,15H,11-12,14H2,1-3H3,(H2,21,25,26)(H2,22,23,24);1H.